The number of benzene rings is 2. The molecule has 0 saturated heterocycles. The fourth-order valence-electron chi connectivity index (χ4n) is 2.08. The summed E-state index contributed by atoms with van der Waals surface area (Å²) >= 11 is 0. The molecule has 0 atom stereocenters. The van der Waals surface area contributed by atoms with E-state index in [0.29, 0.717) is 23.7 Å². The second-order valence-corrected chi connectivity index (χ2v) is 5.22. The van der Waals surface area contributed by atoms with Crippen LogP contribution in [0.1, 0.15) is 15.9 Å². The van der Waals surface area contributed by atoms with Gasteiger partial charge in [-0.25, -0.2) is 4.79 Å². The van der Waals surface area contributed by atoms with Gasteiger partial charge in [0, 0.05) is 11.1 Å². The van der Waals surface area contributed by atoms with Crippen LogP contribution in [0.15, 0.2) is 67.3 Å². The van der Waals surface area contributed by atoms with Crippen molar-refractivity contribution in [3.63, 3.8) is 0 Å². The molecule has 26 heavy (non-hydrogen) atoms. The molecule has 0 unspecified atom stereocenters. The first kappa shape index (κ1) is 19.0. The third kappa shape index (κ3) is 5.63. The molecule has 0 aliphatic heterocycles. The summed E-state index contributed by atoms with van der Waals surface area (Å²) in [6.07, 6.45) is 4.86. The topological polar surface area (TPSA) is 61.8 Å². The minimum atomic E-state index is -0.467. The third-order valence-electron chi connectivity index (χ3n) is 3.41. The Hall–Kier alpha value is -3.34. The molecule has 2 aromatic rings. The quantitative estimate of drug-likeness (QED) is 0.298. The van der Waals surface area contributed by atoms with Crippen LogP contribution < -0.4 is 9.47 Å². The van der Waals surface area contributed by atoms with Gasteiger partial charge in [0.15, 0.2) is 12.4 Å². The Morgan fingerprint density at radius 2 is 1.77 bits per heavy atom. The van der Waals surface area contributed by atoms with E-state index in [1.54, 1.807) is 36.4 Å². The van der Waals surface area contributed by atoms with E-state index in [2.05, 4.69) is 11.3 Å². The minimum Gasteiger partial charge on any atom is -0.489 e. The van der Waals surface area contributed by atoms with Crippen molar-refractivity contribution < 1.29 is 23.8 Å². The molecule has 0 radical (unpaired) electrons. The van der Waals surface area contributed by atoms with Crippen LogP contribution in [0.25, 0.3) is 6.08 Å². The maximum atomic E-state index is 12.3. The average Bonchev–Trinajstić information content (AvgIpc) is 2.69. The van der Waals surface area contributed by atoms with E-state index in [-0.39, 0.29) is 12.4 Å². The van der Waals surface area contributed by atoms with Gasteiger partial charge in [-0.2, -0.15) is 0 Å². The van der Waals surface area contributed by atoms with Gasteiger partial charge in [0.25, 0.3) is 0 Å². The summed E-state index contributed by atoms with van der Waals surface area (Å²) in [6.45, 7) is 3.84. The molecule has 5 nitrogen and oxygen atoms in total. The molecule has 0 aliphatic rings. The fraction of sp³-hybridized carbons (Fsp3) is 0.143. The molecule has 0 aromatic heterocycles. The Morgan fingerprint density at radius 1 is 1.04 bits per heavy atom. The Kier molecular flexibility index (Phi) is 7.18. The van der Waals surface area contributed by atoms with Crippen molar-refractivity contribution in [3.05, 3.63) is 78.4 Å². The van der Waals surface area contributed by atoms with E-state index in [9.17, 15) is 9.59 Å². The second-order valence-electron chi connectivity index (χ2n) is 5.22. The van der Waals surface area contributed by atoms with Crippen LogP contribution in [0.4, 0.5) is 0 Å². The number of ketones is 1. The lowest BCUT2D eigenvalue weighted by molar-refractivity contribution is -0.142. The summed E-state index contributed by atoms with van der Waals surface area (Å²) in [4.78, 5) is 23.4. The smallest absolute Gasteiger partial charge is 0.343 e. The van der Waals surface area contributed by atoms with Crippen molar-refractivity contribution in [1.82, 2.24) is 0 Å². The highest BCUT2D eigenvalue weighted by molar-refractivity contribution is 6.07. The number of rotatable bonds is 9. The number of carbonyl (C=O) groups is 2. The lowest BCUT2D eigenvalue weighted by atomic mass is 10.1. The van der Waals surface area contributed by atoms with Gasteiger partial charge in [0.05, 0.1) is 7.11 Å². The summed E-state index contributed by atoms with van der Waals surface area (Å²) in [5, 5.41) is 0. The first-order valence-electron chi connectivity index (χ1n) is 7.99. The van der Waals surface area contributed by atoms with Gasteiger partial charge in [-0.1, -0.05) is 30.9 Å². The molecular formula is C21H20O5. The Bertz CT molecular complexity index is 790. The zero-order chi connectivity index (χ0) is 18.8. The number of allylic oxidation sites excluding steroid dienone is 1. The molecule has 0 aliphatic carbocycles. The maximum absolute atomic E-state index is 12.3. The van der Waals surface area contributed by atoms with E-state index in [0.717, 1.165) is 5.56 Å². The highest BCUT2D eigenvalue weighted by atomic mass is 16.6. The molecule has 0 bridgehead atoms. The largest absolute Gasteiger partial charge is 0.489 e. The van der Waals surface area contributed by atoms with Gasteiger partial charge in [-0.15, -0.1) is 0 Å². The zero-order valence-corrected chi connectivity index (χ0v) is 14.5. The third-order valence-corrected chi connectivity index (χ3v) is 3.41. The SMILES string of the molecule is C=CCOc1ccccc1C=CC(=O)c1ccc(OCC(=O)OC)cc1. The van der Waals surface area contributed by atoms with Crippen LogP contribution in [-0.2, 0) is 9.53 Å². The zero-order valence-electron chi connectivity index (χ0n) is 14.5. The number of methoxy groups -OCH3 is 1. The van der Waals surface area contributed by atoms with E-state index in [4.69, 9.17) is 9.47 Å². The molecule has 0 amide bonds. The standard InChI is InChI=1S/C21H20O5/c1-3-14-25-20-7-5-4-6-17(20)10-13-19(22)16-8-11-18(12-9-16)26-15-21(23)24-2/h3-13H,1,14-15H2,2H3. The van der Waals surface area contributed by atoms with Crippen molar-refractivity contribution in [3.8, 4) is 11.5 Å². The van der Waals surface area contributed by atoms with Crippen LogP contribution in [0, 0.1) is 0 Å². The van der Waals surface area contributed by atoms with Crippen molar-refractivity contribution in [2.45, 2.75) is 0 Å². The van der Waals surface area contributed by atoms with Crippen LogP contribution in [0.3, 0.4) is 0 Å². The van der Waals surface area contributed by atoms with Crippen LogP contribution in [0.5, 0.6) is 11.5 Å². The van der Waals surface area contributed by atoms with E-state index >= 15 is 0 Å². The van der Waals surface area contributed by atoms with Crippen LogP contribution >= 0.6 is 0 Å². The molecule has 5 heteroatoms. The Labute approximate surface area is 152 Å². The predicted molar refractivity (Wildman–Crippen MR) is 99.5 cm³/mol. The van der Waals surface area contributed by atoms with Crippen molar-refractivity contribution in [2.75, 3.05) is 20.3 Å². The molecular weight excluding hydrogens is 332 g/mol. The lowest BCUT2D eigenvalue weighted by Gasteiger charge is -2.06. The first-order valence-corrected chi connectivity index (χ1v) is 7.99. The van der Waals surface area contributed by atoms with Gasteiger partial charge in [0.2, 0.25) is 0 Å². The van der Waals surface area contributed by atoms with Crippen LogP contribution in [0.2, 0.25) is 0 Å². The molecule has 0 fully saturated rings. The Balaban J connectivity index is 2.02. The number of para-hydroxylation sites is 1. The average molecular weight is 352 g/mol. The number of esters is 1. The van der Waals surface area contributed by atoms with Gasteiger partial charge in [-0.3, -0.25) is 4.79 Å². The molecule has 2 rings (SSSR count). The van der Waals surface area contributed by atoms with Gasteiger partial charge >= 0.3 is 5.97 Å². The molecule has 0 heterocycles. The van der Waals surface area contributed by atoms with Gasteiger partial charge < -0.3 is 14.2 Å². The Morgan fingerprint density at radius 3 is 2.46 bits per heavy atom. The van der Waals surface area contributed by atoms with Crippen molar-refractivity contribution >= 4 is 17.8 Å². The highest BCUT2D eigenvalue weighted by Gasteiger charge is 2.05. The summed E-state index contributed by atoms with van der Waals surface area (Å²) in [5.74, 6) is 0.551. The van der Waals surface area contributed by atoms with E-state index < -0.39 is 5.97 Å². The summed E-state index contributed by atoms with van der Waals surface area (Å²) in [6, 6.07) is 14.0. The predicted octanol–water partition coefficient (Wildman–Crippen LogP) is 3.70. The molecule has 0 N–H and O–H groups in total. The summed E-state index contributed by atoms with van der Waals surface area (Å²) in [5.41, 5.74) is 1.32. The monoisotopic (exact) mass is 352 g/mol. The lowest BCUT2D eigenvalue weighted by Crippen LogP contribution is -2.12. The van der Waals surface area contributed by atoms with Crippen molar-refractivity contribution in [2.24, 2.45) is 0 Å². The normalized spacial score (nSPS) is 10.3. The summed E-state index contributed by atoms with van der Waals surface area (Å²) in [7, 11) is 1.29. The first-order chi connectivity index (χ1) is 12.6. The molecule has 0 saturated carbocycles. The number of hydrogen-bond donors (Lipinski definition) is 0. The molecule has 2 aromatic carbocycles. The van der Waals surface area contributed by atoms with Crippen molar-refractivity contribution in [1.29, 1.82) is 0 Å². The molecule has 134 valence electrons. The second kappa shape index (κ2) is 9.84. The van der Waals surface area contributed by atoms with Gasteiger partial charge in [0.1, 0.15) is 18.1 Å². The van der Waals surface area contributed by atoms with Gasteiger partial charge in [-0.05, 0) is 42.5 Å². The highest BCUT2D eigenvalue weighted by Crippen LogP contribution is 2.20. The maximum Gasteiger partial charge on any atom is 0.343 e. The number of hydrogen-bond acceptors (Lipinski definition) is 5. The van der Waals surface area contributed by atoms with E-state index in [1.807, 2.05) is 24.3 Å². The van der Waals surface area contributed by atoms with E-state index in [1.165, 1.54) is 13.2 Å². The fourth-order valence-corrected chi connectivity index (χ4v) is 2.08. The number of ether oxygens (including phenoxy) is 3. The minimum absolute atomic E-state index is 0.150. The summed E-state index contributed by atoms with van der Waals surface area (Å²) < 4.78 is 15.3. The number of carbonyl (C=O) groups excluding carboxylic acids is 2. The van der Waals surface area contributed by atoms with Crippen LogP contribution in [-0.4, -0.2) is 32.1 Å². The molecule has 0 spiro atoms.